The Morgan fingerprint density at radius 3 is 2.30 bits per heavy atom. The molecule has 0 fully saturated rings. The van der Waals surface area contributed by atoms with Crippen molar-refractivity contribution in [2.75, 3.05) is 18.5 Å². The zero-order valence-corrected chi connectivity index (χ0v) is 14.8. The Kier molecular flexibility index (Phi) is 5.84. The standard InChI is InChI=1S/C20H19N3O4/c1-15-14-18(21-12-13-26-16-8-4-2-5-9-16)19(23(24)25)20(22-15)27-17-10-6-3-7-11-17/h2-11,14H,12-13H2,1H3,(H,21,22). The summed E-state index contributed by atoms with van der Waals surface area (Å²) in [5.74, 6) is 1.18. The summed E-state index contributed by atoms with van der Waals surface area (Å²) < 4.78 is 11.2. The highest BCUT2D eigenvalue weighted by Crippen LogP contribution is 2.36. The van der Waals surface area contributed by atoms with Gasteiger partial charge in [-0.05, 0) is 37.3 Å². The van der Waals surface area contributed by atoms with Crippen LogP contribution in [0.25, 0.3) is 0 Å². The number of aryl methyl sites for hydroxylation is 1. The number of nitrogens with zero attached hydrogens (tertiary/aromatic N) is 2. The van der Waals surface area contributed by atoms with Gasteiger partial charge in [-0.25, -0.2) is 4.98 Å². The Hall–Kier alpha value is -3.61. The molecule has 27 heavy (non-hydrogen) atoms. The number of para-hydroxylation sites is 2. The maximum absolute atomic E-state index is 11.6. The molecular weight excluding hydrogens is 346 g/mol. The average molecular weight is 365 g/mol. The van der Waals surface area contributed by atoms with E-state index in [0.29, 0.717) is 30.3 Å². The summed E-state index contributed by atoms with van der Waals surface area (Å²) in [7, 11) is 0. The first kappa shape index (κ1) is 18.2. The smallest absolute Gasteiger partial charge is 0.354 e. The fraction of sp³-hybridized carbons (Fsp3) is 0.150. The fourth-order valence-corrected chi connectivity index (χ4v) is 2.49. The van der Waals surface area contributed by atoms with Gasteiger partial charge in [0.25, 0.3) is 0 Å². The minimum absolute atomic E-state index is 0.0438. The van der Waals surface area contributed by atoms with Gasteiger partial charge in [-0.1, -0.05) is 36.4 Å². The summed E-state index contributed by atoms with van der Waals surface area (Å²) in [6, 6.07) is 19.8. The second-order valence-corrected chi connectivity index (χ2v) is 5.73. The van der Waals surface area contributed by atoms with Crippen LogP contribution < -0.4 is 14.8 Å². The number of rotatable bonds is 8. The summed E-state index contributed by atoms with van der Waals surface area (Å²) in [6.45, 7) is 2.51. The van der Waals surface area contributed by atoms with E-state index in [-0.39, 0.29) is 11.6 Å². The monoisotopic (exact) mass is 365 g/mol. The van der Waals surface area contributed by atoms with Crippen molar-refractivity contribution in [3.63, 3.8) is 0 Å². The van der Waals surface area contributed by atoms with Gasteiger partial charge in [-0.2, -0.15) is 0 Å². The van der Waals surface area contributed by atoms with Gasteiger partial charge >= 0.3 is 11.6 Å². The number of hydrogen-bond acceptors (Lipinski definition) is 6. The molecule has 0 saturated carbocycles. The molecule has 0 amide bonds. The zero-order valence-electron chi connectivity index (χ0n) is 14.8. The molecule has 3 aromatic rings. The van der Waals surface area contributed by atoms with Crippen LogP contribution in [0, 0.1) is 17.0 Å². The molecule has 0 radical (unpaired) electrons. The number of ether oxygens (including phenoxy) is 2. The van der Waals surface area contributed by atoms with Crippen LogP contribution in [0.3, 0.4) is 0 Å². The van der Waals surface area contributed by atoms with Crippen LogP contribution in [-0.2, 0) is 0 Å². The van der Waals surface area contributed by atoms with E-state index in [1.54, 1.807) is 37.3 Å². The molecule has 0 spiro atoms. The van der Waals surface area contributed by atoms with Crippen LogP contribution in [0.4, 0.5) is 11.4 Å². The van der Waals surface area contributed by atoms with Crippen molar-refractivity contribution in [3.05, 3.63) is 82.5 Å². The Morgan fingerprint density at radius 1 is 1.04 bits per heavy atom. The molecule has 7 nitrogen and oxygen atoms in total. The van der Waals surface area contributed by atoms with Crippen LogP contribution in [0.15, 0.2) is 66.7 Å². The van der Waals surface area contributed by atoms with E-state index in [2.05, 4.69) is 10.3 Å². The zero-order chi connectivity index (χ0) is 19.1. The van der Waals surface area contributed by atoms with Gasteiger partial charge < -0.3 is 14.8 Å². The molecule has 0 saturated heterocycles. The van der Waals surface area contributed by atoms with Crippen molar-refractivity contribution in [3.8, 4) is 17.4 Å². The van der Waals surface area contributed by atoms with E-state index in [1.807, 2.05) is 36.4 Å². The number of benzene rings is 2. The van der Waals surface area contributed by atoms with Crippen molar-refractivity contribution >= 4 is 11.4 Å². The molecule has 1 aromatic heterocycles. The molecule has 1 N–H and O–H groups in total. The predicted octanol–water partition coefficient (Wildman–Crippen LogP) is 4.58. The first-order valence-corrected chi connectivity index (χ1v) is 8.44. The van der Waals surface area contributed by atoms with Crippen molar-refractivity contribution < 1.29 is 14.4 Å². The lowest BCUT2D eigenvalue weighted by Crippen LogP contribution is -2.13. The highest BCUT2D eigenvalue weighted by atomic mass is 16.6. The molecule has 0 unspecified atom stereocenters. The van der Waals surface area contributed by atoms with Crippen molar-refractivity contribution in [2.45, 2.75) is 6.92 Å². The molecule has 0 aliphatic carbocycles. The van der Waals surface area contributed by atoms with Crippen LogP contribution in [0.1, 0.15) is 5.69 Å². The predicted molar refractivity (Wildman–Crippen MR) is 103 cm³/mol. The van der Waals surface area contributed by atoms with Gasteiger partial charge in [0.15, 0.2) is 0 Å². The highest BCUT2D eigenvalue weighted by molar-refractivity contribution is 5.67. The van der Waals surface area contributed by atoms with Crippen LogP contribution in [0.2, 0.25) is 0 Å². The second-order valence-electron chi connectivity index (χ2n) is 5.73. The minimum Gasteiger partial charge on any atom is -0.492 e. The summed E-state index contributed by atoms with van der Waals surface area (Å²) in [4.78, 5) is 15.3. The Morgan fingerprint density at radius 2 is 1.67 bits per heavy atom. The average Bonchev–Trinajstić information content (AvgIpc) is 2.66. The van der Waals surface area contributed by atoms with E-state index in [9.17, 15) is 10.1 Å². The molecule has 0 aliphatic heterocycles. The van der Waals surface area contributed by atoms with E-state index in [0.717, 1.165) is 5.75 Å². The van der Waals surface area contributed by atoms with Crippen LogP contribution in [-0.4, -0.2) is 23.1 Å². The number of anilines is 1. The number of aromatic nitrogens is 1. The van der Waals surface area contributed by atoms with Crippen molar-refractivity contribution in [1.29, 1.82) is 0 Å². The molecule has 0 aliphatic rings. The molecule has 138 valence electrons. The molecule has 1 heterocycles. The maximum atomic E-state index is 11.6. The SMILES string of the molecule is Cc1cc(NCCOc2ccccc2)c([N+](=O)[O-])c(Oc2ccccc2)n1. The van der Waals surface area contributed by atoms with Gasteiger partial charge in [-0.15, -0.1) is 0 Å². The van der Waals surface area contributed by atoms with Gasteiger partial charge in [0.1, 0.15) is 23.8 Å². The molecule has 0 atom stereocenters. The Balaban J connectivity index is 1.74. The molecule has 2 aromatic carbocycles. The van der Waals surface area contributed by atoms with Gasteiger partial charge in [-0.3, -0.25) is 10.1 Å². The first-order chi connectivity index (χ1) is 13.1. The van der Waals surface area contributed by atoms with Gasteiger partial charge in [0.2, 0.25) is 0 Å². The number of nitrogens with one attached hydrogen (secondary N) is 1. The van der Waals surface area contributed by atoms with E-state index >= 15 is 0 Å². The first-order valence-electron chi connectivity index (χ1n) is 8.44. The summed E-state index contributed by atoms with van der Waals surface area (Å²) >= 11 is 0. The van der Waals surface area contributed by atoms with E-state index in [1.165, 1.54) is 0 Å². The summed E-state index contributed by atoms with van der Waals surface area (Å²) in [5.41, 5.74) is 0.747. The largest absolute Gasteiger partial charge is 0.492 e. The lowest BCUT2D eigenvalue weighted by molar-refractivity contribution is -0.385. The third kappa shape index (κ3) is 4.94. The molecule has 3 rings (SSSR count). The Labute approximate surface area is 156 Å². The fourth-order valence-electron chi connectivity index (χ4n) is 2.49. The van der Waals surface area contributed by atoms with Crippen LogP contribution >= 0.6 is 0 Å². The lowest BCUT2D eigenvalue weighted by atomic mass is 10.2. The van der Waals surface area contributed by atoms with Crippen molar-refractivity contribution in [1.82, 2.24) is 4.98 Å². The second kappa shape index (κ2) is 8.66. The number of nitro groups is 1. The Bertz CT molecular complexity index is 902. The maximum Gasteiger partial charge on any atom is 0.354 e. The normalized spacial score (nSPS) is 10.3. The summed E-state index contributed by atoms with van der Waals surface area (Å²) in [6.07, 6.45) is 0. The number of pyridine rings is 1. The highest BCUT2D eigenvalue weighted by Gasteiger charge is 2.24. The van der Waals surface area contributed by atoms with Gasteiger partial charge in [0, 0.05) is 12.2 Å². The molecule has 7 heteroatoms. The van der Waals surface area contributed by atoms with E-state index < -0.39 is 4.92 Å². The number of hydrogen-bond donors (Lipinski definition) is 1. The van der Waals surface area contributed by atoms with E-state index in [4.69, 9.17) is 9.47 Å². The summed E-state index contributed by atoms with van der Waals surface area (Å²) in [5, 5.41) is 14.7. The van der Waals surface area contributed by atoms with Crippen LogP contribution in [0.5, 0.6) is 17.4 Å². The van der Waals surface area contributed by atoms with Crippen molar-refractivity contribution in [2.24, 2.45) is 0 Å². The minimum atomic E-state index is -0.495. The molecular formula is C20H19N3O4. The molecule has 0 bridgehead atoms. The lowest BCUT2D eigenvalue weighted by Gasteiger charge is -2.12. The third-order valence-electron chi connectivity index (χ3n) is 3.66. The topological polar surface area (TPSA) is 86.5 Å². The third-order valence-corrected chi connectivity index (χ3v) is 3.66. The van der Waals surface area contributed by atoms with Gasteiger partial charge in [0.05, 0.1) is 4.92 Å². The quantitative estimate of drug-likeness (QED) is 0.357.